The van der Waals surface area contributed by atoms with Crippen molar-refractivity contribution in [3.8, 4) is 0 Å². The minimum Gasteiger partial charge on any atom is -0.481 e. The molecule has 1 saturated heterocycles. The van der Waals surface area contributed by atoms with Crippen LogP contribution >= 0.6 is 0 Å². The lowest BCUT2D eigenvalue weighted by Gasteiger charge is -2.10. The Morgan fingerprint density at radius 3 is 2.14 bits per heavy atom. The van der Waals surface area contributed by atoms with Gasteiger partial charge >= 0.3 is 11.9 Å². The normalized spacial score (nSPS) is 13.9. The molecule has 10 nitrogen and oxygen atoms in total. The average Bonchev–Trinajstić information content (AvgIpc) is 3.25. The number of hydrogen-bond acceptors (Lipinski definition) is 7. The predicted molar refractivity (Wildman–Crippen MR) is 95.7 cm³/mol. The van der Waals surface area contributed by atoms with E-state index in [1.807, 2.05) is 0 Å². The minimum absolute atomic E-state index is 0.0428. The lowest BCUT2D eigenvalue weighted by molar-refractivity contribution is -0.172. The molecule has 1 N–H and O–H groups in total. The number of amides is 2. The van der Waals surface area contributed by atoms with E-state index in [9.17, 15) is 19.2 Å². The summed E-state index contributed by atoms with van der Waals surface area (Å²) in [6.07, 6.45) is 9.74. The van der Waals surface area contributed by atoms with Crippen LogP contribution in [0, 0.1) is 0 Å². The summed E-state index contributed by atoms with van der Waals surface area (Å²) in [4.78, 5) is 50.0. The molecule has 0 atom stereocenters. The van der Waals surface area contributed by atoms with E-state index in [0.717, 1.165) is 51.4 Å². The Hall–Kier alpha value is -2.78. The average molecular weight is 394 g/mol. The maximum Gasteiger partial charge on any atom is 0.385 e. The largest absolute Gasteiger partial charge is 0.481 e. The van der Waals surface area contributed by atoms with Crippen molar-refractivity contribution >= 4 is 23.8 Å². The summed E-state index contributed by atoms with van der Waals surface area (Å²) in [7, 11) is 0. The Morgan fingerprint density at radius 2 is 1.54 bits per heavy atom. The molecule has 0 saturated carbocycles. The summed E-state index contributed by atoms with van der Waals surface area (Å²) in [6.45, 7) is 0.612. The number of aliphatic carboxylic acids is 1. The maximum absolute atomic E-state index is 11.9. The Labute approximate surface area is 162 Å². The van der Waals surface area contributed by atoms with Crippen molar-refractivity contribution in [2.75, 3.05) is 0 Å². The van der Waals surface area contributed by atoms with Crippen LogP contribution in [0.4, 0.5) is 0 Å². The molecule has 10 heteroatoms. The molecule has 0 aliphatic carbocycles. The van der Waals surface area contributed by atoms with Gasteiger partial charge in [0, 0.05) is 25.8 Å². The van der Waals surface area contributed by atoms with Crippen molar-refractivity contribution < 1.29 is 29.1 Å². The van der Waals surface area contributed by atoms with Crippen LogP contribution in [0.15, 0.2) is 6.20 Å². The number of carbonyl (C=O) groups is 4. The number of hydrogen-bond donors (Lipinski definition) is 1. The molecule has 0 spiro atoms. The Kier molecular flexibility index (Phi) is 8.57. The minimum atomic E-state index is -0.877. The second kappa shape index (κ2) is 11.2. The summed E-state index contributed by atoms with van der Waals surface area (Å²) in [5.74, 6) is -2.68. The first-order chi connectivity index (χ1) is 13.5. The van der Waals surface area contributed by atoms with Crippen LogP contribution in [-0.4, -0.2) is 48.9 Å². The van der Waals surface area contributed by atoms with E-state index < -0.39 is 23.8 Å². The molecule has 2 rings (SSSR count). The standard InChI is InChI=1S/C18H26N4O6/c23-15-10-11-16(24)22(15)28-18(27)14-13-21(20-19-14)12-8-6-4-2-1-3-5-7-9-17(25)26/h13H,1-12H2,(H,25,26). The topological polar surface area (TPSA) is 132 Å². The molecule has 2 heterocycles. The van der Waals surface area contributed by atoms with Crippen molar-refractivity contribution in [2.45, 2.75) is 77.2 Å². The number of carbonyl (C=O) groups excluding carboxylic acids is 3. The third-order valence-electron chi connectivity index (χ3n) is 4.46. The van der Waals surface area contributed by atoms with Crippen molar-refractivity contribution in [3.05, 3.63) is 11.9 Å². The van der Waals surface area contributed by atoms with Gasteiger partial charge in [-0.2, -0.15) is 0 Å². The van der Waals surface area contributed by atoms with Crippen LogP contribution in [0.2, 0.25) is 0 Å². The predicted octanol–water partition coefficient (Wildman–Crippen LogP) is 2.09. The highest BCUT2D eigenvalue weighted by atomic mass is 16.7. The number of carboxylic acid groups (broad SMARTS) is 1. The molecule has 154 valence electrons. The molecule has 0 unspecified atom stereocenters. The van der Waals surface area contributed by atoms with Gasteiger partial charge in [0.15, 0.2) is 5.69 Å². The van der Waals surface area contributed by atoms with Crippen LogP contribution in [0.5, 0.6) is 0 Å². The monoisotopic (exact) mass is 394 g/mol. The highest BCUT2D eigenvalue weighted by molar-refractivity contribution is 6.02. The molecule has 1 aromatic heterocycles. The zero-order valence-corrected chi connectivity index (χ0v) is 15.8. The number of carboxylic acids is 1. The van der Waals surface area contributed by atoms with Gasteiger partial charge in [0.2, 0.25) is 0 Å². The number of rotatable bonds is 13. The van der Waals surface area contributed by atoms with E-state index in [4.69, 9.17) is 9.94 Å². The molecule has 1 aromatic rings. The van der Waals surface area contributed by atoms with Crippen LogP contribution < -0.4 is 0 Å². The summed E-state index contributed by atoms with van der Waals surface area (Å²) in [5, 5.41) is 16.6. The van der Waals surface area contributed by atoms with Crippen molar-refractivity contribution in [1.82, 2.24) is 20.1 Å². The zero-order valence-electron chi connectivity index (χ0n) is 15.8. The molecule has 0 aromatic carbocycles. The summed E-state index contributed by atoms with van der Waals surface area (Å²) in [6, 6.07) is 0. The number of hydroxylamine groups is 2. The van der Waals surface area contributed by atoms with E-state index in [1.165, 1.54) is 10.9 Å². The number of aryl methyl sites for hydroxylation is 1. The van der Waals surface area contributed by atoms with Gasteiger partial charge in [-0.3, -0.25) is 19.1 Å². The van der Waals surface area contributed by atoms with Crippen molar-refractivity contribution in [2.24, 2.45) is 0 Å². The highest BCUT2D eigenvalue weighted by Crippen LogP contribution is 2.14. The smallest absolute Gasteiger partial charge is 0.385 e. The van der Waals surface area contributed by atoms with E-state index in [0.29, 0.717) is 11.6 Å². The fourth-order valence-electron chi connectivity index (χ4n) is 2.90. The summed E-state index contributed by atoms with van der Waals surface area (Å²) < 4.78 is 1.54. The van der Waals surface area contributed by atoms with Gasteiger partial charge in [-0.15, -0.1) is 10.2 Å². The molecule has 1 aliphatic heterocycles. The fraction of sp³-hybridized carbons (Fsp3) is 0.667. The van der Waals surface area contributed by atoms with E-state index in [-0.39, 0.29) is 25.0 Å². The molecule has 2 amide bonds. The molecule has 28 heavy (non-hydrogen) atoms. The molecular formula is C18H26N4O6. The lowest BCUT2D eigenvalue weighted by atomic mass is 10.1. The summed E-state index contributed by atoms with van der Waals surface area (Å²) >= 11 is 0. The lowest BCUT2D eigenvalue weighted by Crippen LogP contribution is -2.32. The van der Waals surface area contributed by atoms with Crippen LogP contribution in [-0.2, 0) is 25.8 Å². The second-order valence-electron chi connectivity index (χ2n) is 6.80. The zero-order chi connectivity index (χ0) is 20.4. The van der Waals surface area contributed by atoms with Crippen LogP contribution in [0.1, 0.15) is 81.1 Å². The SMILES string of the molecule is O=C(O)CCCCCCCCCCn1cc(C(=O)ON2C(=O)CCC2=O)nn1. The molecule has 1 aliphatic rings. The van der Waals surface area contributed by atoms with Crippen LogP contribution in [0.25, 0.3) is 0 Å². The van der Waals surface area contributed by atoms with E-state index in [2.05, 4.69) is 10.3 Å². The van der Waals surface area contributed by atoms with Gasteiger partial charge in [-0.05, 0) is 12.8 Å². The third-order valence-corrected chi connectivity index (χ3v) is 4.46. The van der Waals surface area contributed by atoms with E-state index >= 15 is 0 Å². The number of aromatic nitrogens is 3. The first kappa shape index (κ1) is 21.5. The molecular weight excluding hydrogens is 368 g/mol. The first-order valence-electron chi connectivity index (χ1n) is 9.67. The van der Waals surface area contributed by atoms with Gasteiger partial charge in [-0.1, -0.05) is 43.7 Å². The highest BCUT2D eigenvalue weighted by Gasteiger charge is 2.33. The Morgan fingerprint density at radius 1 is 0.964 bits per heavy atom. The van der Waals surface area contributed by atoms with E-state index in [1.54, 1.807) is 0 Å². The summed E-state index contributed by atoms with van der Waals surface area (Å²) in [5.41, 5.74) is -0.0474. The van der Waals surface area contributed by atoms with Crippen LogP contribution in [0.3, 0.4) is 0 Å². The molecule has 1 fully saturated rings. The fourth-order valence-corrected chi connectivity index (χ4v) is 2.90. The number of nitrogens with zero attached hydrogens (tertiary/aromatic N) is 4. The Balaban J connectivity index is 1.56. The molecule has 0 radical (unpaired) electrons. The van der Waals surface area contributed by atoms with Gasteiger partial charge in [0.25, 0.3) is 11.8 Å². The van der Waals surface area contributed by atoms with Gasteiger partial charge < -0.3 is 9.94 Å². The molecule has 0 bridgehead atoms. The number of unbranched alkanes of at least 4 members (excludes halogenated alkanes) is 7. The second-order valence-corrected chi connectivity index (χ2v) is 6.80. The van der Waals surface area contributed by atoms with Gasteiger partial charge in [0.05, 0.1) is 6.20 Å². The van der Waals surface area contributed by atoms with Crippen molar-refractivity contribution in [1.29, 1.82) is 0 Å². The van der Waals surface area contributed by atoms with Crippen molar-refractivity contribution in [3.63, 3.8) is 0 Å². The first-order valence-corrected chi connectivity index (χ1v) is 9.67. The third kappa shape index (κ3) is 7.09. The van der Waals surface area contributed by atoms with Gasteiger partial charge in [0.1, 0.15) is 0 Å². The maximum atomic E-state index is 11.9. The quantitative estimate of drug-likeness (QED) is 0.397. The Bertz CT molecular complexity index is 686. The van der Waals surface area contributed by atoms with Gasteiger partial charge in [-0.25, -0.2) is 4.79 Å². The number of imide groups is 1.